The predicted octanol–water partition coefficient (Wildman–Crippen LogP) is 4.64. The highest BCUT2D eigenvalue weighted by Crippen LogP contribution is 2.28. The first-order valence-corrected chi connectivity index (χ1v) is 7.70. The lowest BCUT2D eigenvalue weighted by Crippen LogP contribution is -2.27. The molecule has 1 aliphatic rings. The SMILES string of the molecule is CC1CCCC(CNCc2c(F)ccc(Br)c2F)C1. The van der Waals surface area contributed by atoms with Gasteiger partial charge in [-0.1, -0.05) is 19.8 Å². The summed E-state index contributed by atoms with van der Waals surface area (Å²) in [7, 11) is 0. The molecule has 0 saturated heterocycles. The standard InChI is InChI=1S/C15H20BrF2N/c1-10-3-2-4-11(7-10)8-19-9-12-14(17)6-5-13(16)15(12)18/h5-6,10-11,19H,2-4,7-9H2,1H3. The molecule has 0 amide bonds. The molecule has 1 N–H and O–H groups in total. The third kappa shape index (κ3) is 3.99. The minimum absolute atomic E-state index is 0.123. The van der Waals surface area contributed by atoms with Gasteiger partial charge in [-0.3, -0.25) is 0 Å². The molecule has 0 aliphatic heterocycles. The Labute approximate surface area is 121 Å². The molecule has 4 heteroatoms. The highest BCUT2D eigenvalue weighted by Gasteiger charge is 2.19. The maximum atomic E-state index is 13.8. The lowest BCUT2D eigenvalue weighted by molar-refractivity contribution is 0.273. The molecule has 1 aromatic carbocycles. The van der Waals surface area contributed by atoms with Crippen molar-refractivity contribution in [1.82, 2.24) is 5.32 Å². The molecule has 1 nitrogen and oxygen atoms in total. The predicted molar refractivity (Wildman–Crippen MR) is 76.9 cm³/mol. The van der Waals surface area contributed by atoms with Crippen LogP contribution in [-0.2, 0) is 6.54 Å². The molecule has 106 valence electrons. The topological polar surface area (TPSA) is 12.0 Å². The summed E-state index contributed by atoms with van der Waals surface area (Å²) < 4.78 is 27.6. The Morgan fingerprint density at radius 1 is 1.32 bits per heavy atom. The van der Waals surface area contributed by atoms with Crippen LogP contribution in [-0.4, -0.2) is 6.54 Å². The second kappa shape index (κ2) is 6.80. The molecule has 1 aromatic rings. The van der Waals surface area contributed by atoms with Crippen LogP contribution in [0, 0.1) is 23.5 Å². The van der Waals surface area contributed by atoms with E-state index in [9.17, 15) is 8.78 Å². The van der Waals surface area contributed by atoms with E-state index in [1.54, 1.807) is 0 Å². The number of nitrogens with one attached hydrogen (secondary N) is 1. The van der Waals surface area contributed by atoms with Crippen molar-refractivity contribution >= 4 is 15.9 Å². The van der Waals surface area contributed by atoms with Gasteiger partial charge < -0.3 is 5.32 Å². The number of halogens is 3. The van der Waals surface area contributed by atoms with Crippen molar-refractivity contribution < 1.29 is 8.78 Å². The van der Waals surface area contributed by atoms with E-state index in [4.69, 9.17) is 0 Å². The van der Waals surface area contributed by atoms with Crippen LogP contribution < -0.4 is 5.32 Å². The summed E-state index contributed by atoms with van der Waals surface area (Å²) in [6, 6.07) is 2.70. The Morgan fingerprint density at radius 3 is 2.84 bits per heavy atom. The van der Waals surface area contributed by atoms with Crippen LogP contribution in [0.15, 0.2) is 16.6 Å². The Hall–Kier alpha value is -0.480. The van der Waals surface area contributed by atoms with Crippen molar-refractivity contribution in [3.8, 4) is 0 Å². The van der Waals surface area contributed by atoms with Crippen LogP contribution >= 0.6 is 15.9 Å². The van der Waals surface area contributed by atoms with Gasteiger partial charge in [0.15, 0.2) is 0 Å². The Kier molecular flexibility index (Phi) is 5.34. The molecule has 0 spiro atoms. The molecule has 0 bridgehead atoms. The lowest BCUT2D eigenvalue weighted by Gasteiger charge is -2.26. The van der Waals surface area contributed by atoms with Crippen molar-refractivity contribution in [1.29, 1.82) is 0 Å². The first kappa shape index (κ1) is 14.9. The van der Waals surface area contributed by atoms with E-state index in [0.29, 0.717) is 10.4 Å². The van der Waals surface area contributed by atoms with E-state index in [1.165, 1.54) is 37.8 Å². The molecule has 1 saturated carbocycles. The zero-order chi connectivity index (χ0) is 13.8. The van der Waals surface area contributed by atoms with Gasteiger partial charge in [0, 0.05) is 12.1 Å². The van der Waals surface area contributed by atoms with Gasteiger partial charge in [-0.25, -0.2) is 8.78 Å². The van der Waals surface area contributed by atoms with Crippen molar-refractivity contribution in [3.63, 3.8) is 0 Å². The second-order valence-electron chi connectivity index (χ2n) is 5.59. The minimum Gasteiger partial charge on any atom is -0.312 e. The van der Waals surface area contributed by atoms with E-state index in [1.807, 2.05) is 0 Å². The lowest BCUT2D eigenvalue weighted by atomic mass is 9.82. The van der Waals surface area contributed by atoms with Gasteiger partial charge in [0.1, 0.15) is 11.6 Å². The molecule has 19 heavy (non-hydrogen) atoms. The summed E-state index contributed by atoms with van der Waals surface area (Å²) in [5, 5.41) is 3.20. The van der Waals surface area contributed by atoms with Gasteiger partial charge in [-0.15, -0.1) is 0 Å². The molecular formula is C15H20BrF2N. The molecular weight excluding hydrogens is 312 g/mol. The van der Waals surface area contributed by atoms with Gasteiger partial charge >= 0.3 is 0 Å². The maximum absolute atomic E-state index is 13.8. The first-order valence-electron chi connectivity index (χ1n) is 6.91. The third-order valence-corrected chi connectivity index (χ3v) is 4.53. The van der Waals surface area contributed by atoms with E-state index < -0.39 is 11.6 Å². The Bertz CT molecular complexity index is 436. The van der Waals surface area contributed by atoms with Crippen LogP contribution in [0.3, 0.4) is 0 Å². The molecule has 0 heterocycles. The highest BCUT2D eigenvalue weighted by atomic mass is 79.9. The molecule has 2 atom stereocenters. The van der Waals surface area contributed by atoms with Crippen LogP contribution in [0.2, 0.25) is 0 Å². The third-order valence-electron chi connectivity index (χ3n) is 3.92. The van der Waals surface area contributed by atoms with Crippen molar-refractivity contribution in [2.24, 2.45) is 11.8 Å². The molecule has 0 radical (unpaired) electrons. The summed E-state index contributed by atoms with van der Waals surface area (Å²) in [4.78, 5) is 0. The van der Waals surface area contributed by atoms with E-state index in [-0.39, 0.29) is 12.1 Å². The van der Waals surface area contributed by atoms with Crippen LogP contribution in [0.4, 0.5) is 8.78 Å². The number of rotatable bonds is 4. The van der Waals surface area contributed by atoms with Crippen LogP contribution in [0.5, 0.6) is 0 Å². The normalized spacial score (nSPS) is 23.6. The zero-order valence-corrected chi connectivity index (χ0v) is 12.8. The Morgan fingerprint density at radius 2 is 2.11 bits per heavy atom. The second-order valence-corrected chi connectivity index (χ2v) is 6.44. The largest absolute Gasteiger partial charge is 0.312 e. The highest BCUT2D eigenvalue weighted by molar-refractivity contribution is 9.10. The number of benzene rings is 1. The fraction of sp³-hybridized carbons (Fsp3) is 0.600. The molecule has 0 aromatic heterocycles. The van der Waals surface area contributed by atoms with Crippen LogP contribution in [0.1, 0.15) is 38.2 Å². The summed E-state index contributed by atoms with van der Waals surface area (Å²) in [6.07, 6.45) is 5.02. The van der Waals surface area contributed by atoms with Gasteiger partial charge in [0.25, 0.3) is 0 Å². The van der Waals surface area contributed by atoms with Crippen molar-refractivity contribution in [2.75, 3.05) is 6.54 Å². The van der Waals surface area contributed by atoms with E-state index in [2.05, 4.69) is 28.2 Å². The average Bonchev–Trinajstić information content (AvgIpc) is 2.38. The maximum Gasteiger partial charge on any atom is 0.144 e. The number of hydrogen-bond acceptors (Lipinski definition) is 1. The fourth-order valence-corrected chi connectivity index (χ4v) is 3.25. The zero-order valence-electron chi connectivity index (χ0n) is 11.2. The van der Waals surface area contributed by atoms with Gasteiger partial charge in [0.2, 0.25) is 0 Å². The summed E-state index contributed by atoms with van der Waals surface area (Å²) in [6.45, 7) is 3.37. The quantitative estimate of drug-likeness (QED) is 0.792. The first-order chi connectivity index (χ1) is 9.08. The smallest absolute Gasteiger partial charge is 0.144 e. The van der Waals surface area contributed by atoms with E-state index in [0.717, 1.165) is 12.5 Å². The monoisotopic (exact) mass is 331 g/mol. The van der Waals surface area contributed by atoms with E-state index >= 15 is 0 Å². The molecule has 2 unspecified atom stereocenters. The molecule has 1 aliphatic carbocycles. The number of hydrogen-bond donors (Lipinski definition) is 1. The summed E-state index contributed by atoms with van der Waals surface area (Å²) in [5.74, 6) is 0.441. The minimum atomic E-state index is -0.496. The average molecular weight is 332 g/mol. The summed E-state index contributed by atoms with van der Waals surface area (Å²) in [5.41, 5.74) is 0.123. The van der Waals surface area contributed by atoms with Crippen molar-refractivity contribution in [2.45, 2.75) is 39.2 Å². The van der Waals surface area contributed by atoms with Gasteiger partial charge in [-0.05, 0) is 59.3 Å². The fourth-order valence-electron chi connectivity index (χ4n) is 2.88. The summed E-state index contributed by atoms with van der Waals surface area (Å²) >= 11 is 3.09. The van der Waals surface area contributed by atoms with Gasteiger partial charge in [0.05, 0.1) is 4.47 Å². The van der Waals surface area contributed by atoms with Gasteiger partial charge in [-0.2, -0.15) is 0 Å². The molecule has 1 fully saturated rings. The van der Waals surface area contributed by atoms with Crippen molar-refractivity contribution in [3.05, 3.63) is 33.8 Å². The molecule has 2 rings (SSSR count). The van der Waals surface area contributed by atoms with Crippen LogP contribution in [0.25, 0.3) is 0 Å². The Balaban J connectivity index is 1.87.